The Labute approximate surface area is 156 Å². The molecule has 26 heavy (non-hydrogen) atoms. The van der Waals surface area contributed by atoms with E-state index in [1.54, 1.807) is 12.4 Å². The maximum atomic E-state index is 12.4. The van der Waals surface area contributed by atoms with Crippen molar-refractivity contribution < 1.29 is 4.79 Å². The minimum absolute atomic E-state index is 0.154. The number of nitrogens with zero attached hydrogens (tertiary/aromatic N) is 5. The highest BCUT2D eigenvalue weighted by Gasteiger charge is 2.22. The molecule has 2 heterocycles. The summed E-state index contributed by atoms with van der Waals surface area (Å²) in [7, 11) is 0. The summed E-state index contributed by atoms with van der Waals surface area (Å²) >= 11 is 0. The molecule has 8 heteroatoms. The van der Waals surface area contributed by atoms with Crippen molar-refractivity contribution >= 4 is 17.8 Å². The van der Waals surface area contributed by atoms with E-state index in [1.807, 2.05) is 17.9 Å². The van der Waals surface area contributed by atoms with Gasteiger partial charge in [0.05, 0.1) is 6.54 Å². The largest absolute Gasteiger partial charge is 0.357 e. The first-order chi connectivity index (χ1) is 12.6. The quantitative estimate of drug-likeness (QED) is 0.554. The Kier molecular flexibility index (Phi) is 8.11. The second kappa shape index (κ2) is 10.6. The van der Waals surface area contributed by atoms with Gasteiger partial charge in [-0.05, 0) is 26.3 Å². The van der Waals surface area contributed by atoms with Crippen LogP contribution in [0.25, 0.3) is 0 Å². The molecule has 1 unspecified atom stereocenters. The average molecular weight is 361 g/mol. The highest BCUT2D eigenvalue weighted by atomic mass is 16.2. The molecule has 1 fully saturated rings. The van der Waals surface area contributed by atoms with E-state index in [-0.39, 0.29) is 5.91 Å². The third-order valence-electron chi connectivity index (χ3n) is 4.40. The monoisotopic (exact) mass is 361 g/mol. The van der Waals surface area contributed by atoms with Crippen LogP contribution in [-0.2, 0) is 4.79 Å². The number of anilines is 1. The number of piperazine rings is 1. The highest BCUT2D eigenvalue weighted by molar-refractivity contribution is 5.81. The molecule has 8 nitrogen and oxygen atoms in total. The lowest BCUT2D eigenvalue weighted by atomic mass is 10.2. The Hall–Kier alpha value is -2.38. The van der Waals surface area contributed by atoms with Crippen molar-refractivity contribution in [3.63, 3.8) is 0 Å². The maximum absolute atomic E-state index is 12.4. The Morgan fingerprint density at radius 2 is 1.92 bits per heavy atom. The van der Waals surface area contributed by atoms with Crippen molar-refractivity contribution in [1.82, 2.24) is 25.5 Å². The zero-order valence-corrected chi connectivity index (χ0v) is 16.1. The molecule has 2 rings (SSSR count). The molecular weight excluding hydrogens is 330 g/mol. The molecule has 0 saturated carbocycles. The number of rotatable bonds is 7. The van der Waals surface area contributed by atoms with Gasteiger partial charge in [0.15, 0.2) is 5.96 Å². The standard InChI is InChI=1S/C18H31N7O/c1-4-15(3)23-17(19-5-2)20-10-7-16(26)24-11-13-25(14-12-24)18-21-8-6-9-22-18/h6,8-9,15H,4-5,7,10-14H2,1-3H3,(H2,19,20,23). The number of carbonyl (C=O) groups excluding carboxylic acids is 1. The average Bonchev–Trinajstić information content (AvgIpc) is 2.68. The van der Waals surface area contributed by atoms with E-state index in [1.165, 1.54) is 0 Å². The van der Waals surface area contributed by atoms with Crippen molar-refractivity contribution in [2.24, 2.45) is 4.99 Å². The van der Waals surface area contributed by atoms with Crippen LogP contribution in [0.15, 0.2) is 23.5 Å². The van der Waals surface area contributed by atoms with Crippen molar-refractivity contribution in [3.05, 3.63) is 18.5 Å². The zero-order valence-electron chi connectivity index (χ0n) is 16.1. The van der Waals surface area contributed by atoms with E-state index in [2.05, 4.69) is 44.3 Å². The Balaban J connectivity index is 1.76. The van der Waals surface area contributed by atoms with Crippen LogP contribution in [-0.4, -0.2) is 72.0 Å². The van der Waals surface area contributed by atoms with Crippen molar-refractivity contribution in [1.29, 1.82) is 0 Å². The molecule has 144 valence electrons. The van der Waals surface area contributed by atoms with Crippen molar-refractivity contribution in [2.45, 2.75) is 39.7 Å². The molecular formula is C18H31N7O. The summed E-state index contributed by atoms with van der Waals surface area (Å²) < 4.78 is 0. The van der Waals surface area contributed by atoms with Crippen LogP contribution < -0.4 is 15.5 Å². The summed E-state index contributed by atoms with van der Waals surface area (Å²) in [4.78, 5) is 29.5. The van der Waals surface area contributed by atoms with Gasteiger partial charge >= 0.3 is 0 Å². The van der Waals surface area contributed by atoms with Crippen LogP contribution in [0.3, 0.4) is 0 Å². The fraction of sp³-hybridized carbons (Fsp3) is 0.667. The number of nitrogens with one attached hydrogen (secondary N) is 2. The number of amides is 1. The smallest absolute Gasteiger partial charge is 0.225 e. The number of carbonyl (C=O) groups is 1. The lowest BCUT2D eigenvalue weighted by Gasteiger charge is -2.34. The number of guanidine groups is 1. The van der Waals surface area contributed by atoms with Gasteiger partial charge in [-0.1, -0.05) is 6.92 Å². The first-order valence-electron chi connectivity index (χ1n) is 9.48. The lowest BCUT2D eigenvalue weighted by Crippen LogP contribution is -2.49. The molecule has 0 spiro atoms. The van der Waals surface area contributed by atoms with Crippen LogP contribution in [0.5, 0.6) is 0 Å². The fourth-order valence-corrected chi connectivity index (χ4v) is 2.69. The molecule has 2 N–H and O–H groups in total. The number of hydrogen-bond donors (Lipinski definition) is 2. The number of aliphatic imine (C=N–C) groups is 1. The van der Waals surface area contributed by atoms with E-state index < -0.39 is 0 Å². The van der Waals surface area contributed by atoms with Crippen molar-refractivity contribution in [3.8, 4) is 0 Å². The molecule has 1 aliphatic heterocycles. The SMILES string of the molecule is CCNC(=NCCC(=O)N1CCN(c2ncccn2)CC1)NC(C)CC. The van der Waals surface area contributed by atoms with Crippen LogP contribution in [0.1, 0.15) is 33.6 Å². The van der Waals surface area contributed by atoms with Crippen LogP contribution in [0.4, 0.5) is 5.95 Å². The molecule has 0 aliphatic carbocycles. The molecule has 1 aromatic rings. The Morgan fingerprint density at radius 1 is 1.23 bits per heavy atom. The third kappa shape index (κ3) is 6.16. The van der Waals surface area contributed by atoms with Gasteiger partial charge in [-0.15, -0.1) is 0 Å². The van der Waals surface area contributed by atoms with E-state index in [0.29, 0.717) is 32.1 Å². The van der Waals surface area contributed by atoms with Gasteiger partial charge in [0.2, 0.25) is 11.9 Å². The first-order valence-corrected chi connectivity index (χ1v) is 9.48. The summed E-state index contributed by atoms with van der Waals surface area (Å²) in [5, 5.41) is 6.56. The van der Waals surface area contributed by atoms with Crippen LogP contribution in [0, 0.1) is 0 Å². The van der Waals surface area contributed by atoms with Gasteiger partial charge in [-0.2, -0.15) is 0 Å². The molecule has 0 aromatic carbocycles. The molecule has 0 radical (unpaired) electrons. The molecule has 1 aromatic heterocycles. The van der Waals surface area contributed by atoms with Gasteiger partial charge in [0.1, 0.15) is 0 Å². The van der Waals surface area contributed by atoms with E-state index in [0.717, 1.165) is 38.0 Å². The van der Waals surface area contributed by atoms with Crippen LogP contribution in [0.2, 0.25) is 0 Å². The molecule has 1 amide bonds. The fourth-order valence-electron chi connectivity index (χ4n) is 2.69. The maximum Gasteiger partial charge on any atom is 0.225 e. The van der Waals surface area contributed by atoms with Gasteiger partial charge in [0, 0.05) is 57.6 Å². The van der Waals surface area contributed by atoms with Crippen LogP contribution >= 0.6 is 0 Å². The minimum Gasteiger partial charge on any atom is -0.357 e. The van der Waals surface area contributed by atoms with Gasteiger partial charge in [-0.3, -0.25) is 9.79 Å². The summed E-state index contributed by atoms with van der Waals surface area (Å²) in [5.41, 5.74) is 0. The third-order valence-corrected chi connectivity index (χ3v) is 4.40. The Morgan fingerprint density at radius 3 is 2.54 bits per heavy atom. The topological polar surface area (TPSA) is 85.8 Å². The number of aromatic nitrogens is 2. The second-order valence-corrected chi connectivity index (χ2v) is 6.38. The zero-order chi connectivity index (χ0) is 18.8. The lowest BCUT2D eigenvalue weighted by molar-refractivity contribution is -0.131. The second-order valence-electron chi connectivity index (χ2n) is 6.38. The molecule has 0 bridgehead atoms. The summed E-state index contributed by atoms with van der Waals surface area (Å²) in [6, 6.07) is 2.17. The molecule has 1 aliphatic rings. The highest BCUT2D eigenvalue weighted by Crippen LogP contribution is 2.10. The predicted octanol–water partition coefficient (Wildman–Crippen LogP) is 0.869. The van der Waals surface area contributed by atoms with Crippen molar-refractivity contribution in [2.75, 3.05) is 44.2 Å². The summed E-state index contributed by atoms with van der Waals surface area (Å²) in [5.74, 6) is 1.66. The normalized spacial score (nSPS) is 16.3. The summed E-state index contributed by atoms with van der Waals surface area (Å²) in [6.45, 7) is 10.5. The summed E-state index contributed by atoms with van der Waals surface area (Å²) in [6.07, 6.45) is 4.94. The van der Waals surface area contributed by atoms with E-state index in [9.17, 15) is 4.79 Å². The van der Waals surface area contributed by atoms with E-state index in [4.69, 9.17) is 0 Å². The van der Waals surface area contributed by atoms with E-state index >= 15 is 0 Å². The number of hydrogen-bond acceptors (Lipinski definition) is 5. The minimum atomic E-state index is 0.154. The molecule has 1 saturated heterocycles. The van der Waals surface area contributed by atoms with Gasteiger partial charge in [0.25, 0.3) is 0 Å². The predicted molar refractivity (Wildman–Crippen MR) is 104 cm³/mol. The van der Waals surface area contributed by atoms with Gasteiger partial charge < -0.3 is 20.4 Å². The van der Waals surface area contributed by atoms with Gasteiger partial charge in [-0.25, -0.2) is 9.97 Å². The molecule has 1 atom stereocenters. The Bertz CT molecular complexity index is 570. The first kappa shape index (κ1) is 19.9.